The van der Waals surface area contributed by atoms with Gasteiger partial charge in [0.25, 0.3) is 0 Å². The quantitative estimate of drug-likeness (QED) is 0.402. The van der Waals surface area contributed by atoms with Crippen molar-refractivity contribution in [1.29, 1.82) is 0 Å². The van der Waals surface area contributed by atoms with Gasteiger partial charge in [0.05, 0.1) is 22.3 Å². The van der Waals surface area contributed by atoms with E-state index < -0.39 is 9.84 Å². The summed E-state index contributed by atoms with van der Waals surface area (Å²) < 4.78 is 29.7. The van der Waals surface area contributed by atoms with Crippen LogP contribution in [0.1, 0.15) is 30.0 Å². The number of halogens is 1. The molecule has 0 spiro atoms. The van der Waals surface area contributed by atoms with Crippen molar-refractivity contribution in [2.45, 2.75) is 30.1 Å². The van der Waals surface area contributed by atoms with Crippen molar-refractivity contribution in [2.24, 2.45) is 0 Å². The van der Waals surface area contributed by atoms with Gasteiger partial charge in [0.2, 0.25) is 11.5 Å². The topological polar surface area (TPSA) is 118 Å². The number of piperidine rings is 1. The van der Waals surface area contributed by atoms with E-state index in [9.17, 15) is 8.42 Å². The van der Waals surface area contributed by atoms with Crippen molar-refractivity contribution in [3.8, 4) is 0 Å². The van der Waals surface area contributed by atoms with Crippen LogP contribution in [0.3, 0.4) is 0 Å². The number of benzene rings is 1. The molecule has 0 unspecified atom stereocenters. The average Bonchev–Trinajstić information content (AvgIpc) is 3.48. The van der Waals surface area contributed by atoms with E-state index in [0.29, 0.717) is 33.8 Å². The van der Waals surface area contributed by atoms with Crippen LogP contribution in [-0.2, 0) is 16.3 Å². The zero-order valence-electron chi connectivity index (χ0n) is 18.9. The molecule has 0 aliphatic carbocycles. The maximum absolute atomic E-state index is 12.0. The van der Waals surface area contributed by atoms with Crippen molar-refractivity contribution in [3.05, 3.63) is 53.2 Å². The minimum absolute atomic E-state index is 0.200. The highest BCUT2D eigenvalue weighted by atomic mass is 35.5. The highest BCUT2D eigenvalue weighted by Gasteiger charge is 2.30. The molecule has 10 nitrogen and oxygen atoms in total. The van der Waals surface area contributed by atoms with E-state index in [4.69, 9.17) is 16.1 Å². The summed E-state index contributed by atoms with van der Waals surface area (Å²) in [6, 6.07) is 5.21. The van der Waals surface area contributed by atoms with Gasteiger partial charge in [0.1, 0.15) is 17.5 Å². The Morgan fingerprint density at radius 3 is 2.57 bits per heavy atom. The molecule has 1 saturated heterocycles. The van der Waals surface area contributed by atoms with Crippen LogP contribution in [0.4, 0.5) is 17.5 Å². The van der Waals surface area contributed by atoms with Gasteiger partial charge in [-0.1, -0.05) is 16.8 Å². The van der Waals surface area contributed by atoms with E-state index in [2.05, 4.69) is 30.0 Å². The molecule has 6 rings (SSSR count). The third-order valence-electron chi connectivity index (χ3n) is 6.66. The monoisotopic (exact) mass is 511 g/mol. The molecule has 0 amide bonds. The lowest BCUT2D eigenvalue weighted by atomic mass is 9.93. The van der Waals surface area contributed by atoms with E-state index in [0.717, 1.165) is 54.8 Å². The minimum atomic E-state index is -3.26. The Balaban J connectivity index is 1.26. The van der Waals surface area contributed by atoms with E-state index >= 15 is 0 Å². The Hall–Kier alpha value is -3.31. The molecule has 3 aromatic heterocycles. The lowest BCUT2D eigenvalue weighted by molar-refractivity contribution is 0.416. The zero-order valence-corrected chi connectivity index (χ0v) is 20.5. The van der Waals surface area contributed by atoms with Crippen molar-refractivity contribution in [1.82, 2.24) is 25.1 Å². The summed E-state index contributed by atoms with van der Waals surface area (Å²) in [6.07, 6.45) is 8.43. The Kier molecular flexibility index (Phi) is 5.33. The van der Waals surface area contributed by atoms with Gasteiger partial charge in [-0.2, -0.15) is 0 Å². The predicted octanol–water partition coefficient (Wildman–Crippen LogP) is 3.54. The van der Waals surface area contributed by atoms with Crippen LogP contribution < -0.4 is 9.80 Å². The van der Waals surface area contributed by atoms with Gasteiger partial charge in [-0.05, 0) is 43.0 Å². The van der Waals surface area contributed by atoms with E-state index in [1.54, 1.807) is 24.5 Å². The largest absolute Gasteiger partial charge is 0.350 e. The molecule has 12 heteroatoms. The van der Waals surface area contributed by atoms with Gasteiger partial charge in [-0.15, -0.1) is 0 Å². The number of hydrogen-bond donors (Lipinski definition) is 0. The van der Waals surface area contributed by atoms with Crippen molar-refractivity contribution in [2.75, 3.05) is 35.7 Å². The molecular formula is C23H22ClN7O3S. The molecule has 5 heterocycles. The van der Waals surface area contributed by atoms with Crippen LogP contribution in [-0.4, -0.2) is 59.4 Å². The first-order valence-corrected chi connectivity index (χ1v) is 13.6. The summed E-state index contributed by atoms with van der Waals surface area (Å²) in [5.41, 5.74) is 4.00. The standard InChI is InChI=1S/C23H22ClN7O3S/c1-35(32,33)17-2-3-18-15(10-17)6-9-31(18)22-21-20(27-13-28-22)19(29-34-21)14-4-7-30(8-5-14)23-25-11-16(24)12-26-23/h2-3,10-14H,4-9H2,1H3. The Morgan fingerprint density at radius 2 is 1.83 bits per heavy atom. The van der Waals surface area contributed by atoms with Crippen molar-refractivity contribution in [3.63, 3.8) is 0 Å². The first-order chi connectivity index (χ1) is 16.9. The van der Waals surface area contributed by atoms with Crippen LogP contribution in [0.2, 0.25) is 5.02 Å². The van der Waals surface area contributed by atoms with Crippen LogP contribution in [0, 0.1) is 0 Å². The molecule has 2 aliphatic rings. The SMILES string of the molecule is CS(=O)(=O)c1ccc2c(c1)CCN2c1ncnc2c(C3CCN(c4ncc(Cl)cn4)CC3)noc12. The summed E-state index contributed by atoms with van der Waals surface area (Å²) in [7, 11) is -3.26. The lowest BCUT2D eigenvalue weighted by Crippen LogP contribution is -2.34. The number of hydrogen-bond acceptors (Lipinski definition) is 10. The Labute approximate surface area is 206 Å². The summed E-state index contributed by atoms with van der Waals surface area (Å²) in [5.74, 6) is 1.52. The van der Waals surface area contributed by atoms with Gasteiger partial charge >= 0.3 is 0 Å². The molecule has 1 fully saturated rings. The van der Waals surface area contributed by atoms with Gasteiger partial charge in [0.15, 0.2) is 15.7 Å². The first-order valence-electron chi connectivity index (χ1n) is 11.3. The van der Waals surface area contributed by atoms with Gasteiger partial charge in [-0.3, -0.25) is 0 Å². The normalized spacial score (nSPS) is 16.7. The van der Waals surface area contributed by atoms with Crippen molar-refractivity contribution < 1.29 is 12.9 Å². The van der Waals surface area contributed by atoms with E-state index in [-0.39, 0.29) is 5.92 Å². The molecule has 0 N–H and O–H groups in total. The maximum atomic E-state index is 12.0. The third-order valence-corrected chi connectivity index (χ3v) is 7.97. The highest BCUT2D eigenvalue weighted by molar-refractivity contribution is 7.90. The number of fused-ring (bicyclic) bond motifs is 2. The average molecular weight is 512 g/mol. The van der Waals surface area contributed by atoms with Crippen LogP contribution in [0.25, 0.3) is 11.1 Å². The summed E-state index contributed by atoms with van der Waals surface area (Å²) in [6.45, 7) is 2.26. The molecule has 0 atom stereocenters. The fourth-order valence-electron chi connectivity index (χ4n) is 4.88. The number of anilines is 3. The van der Waals surface area contributed by atoms with Crippen LogP contribution in [0.5, 0.6) is 0 Å². The molecule has 0 bridgehead atoms. The lowest BCUT2D eigenvalue weighted by Gasteiger charge is -2.30. The zero-order chi connectivity index (χ0) is 24.2. The van der Waals surface area contributed by atoms with Crippen LogP contribution in [0.15, 0.2) is 46.3 Å². The second kappa shape index (κ2) is 8.42. The molecule has 180 valence electrons. The smallest absolute Gasteiger partial charge is 0.228 e. The summed E-state index contributed by atoms with van der Waals surface area (Å²) >= 11 is 5.91. The molecule has 35 heavy (non-hydrogen) atoms. The van der Waals surface area contributed by atoms with E-state index in [1.165, 1.54) is 12.6 Å². The summed E-state index contributed by atoms with van der Waals surface area (Å²) in [4.78, 5) is 22.2. The summed E-state index contributed by atoms with van der Waals surface area (Å²) in [5, 5.41) is 4.93. The number of aromatic nitrogens is 5. The molecule has 2 aliphatic heterocycles. The number of nitrogens with zero attached hydrogens (tertiary/aromatic N) is 7. The molecule has 0 radical (unpaired) electrons. The van der Waals surface area contributed by atoms with Crippen molar-refractivity contribution >= 4 is 50.0 Å². The second-order valence-electron chi connectivity index (χ2n) is 8.87. The Morgan fingerprint density at radius 1 is 1.06 bits per heavy atom. The molecule has 0 saturated carbocycles. The third kappa shape index (κ3) is 3.98. The van der Waals surface area contributed by atoms with Gasteiger partial charge < -0.3 is 14.3 Å². The fraction of sp³-hybridized carbons (Fsp3) is 0.348. The fourth-order valence-corrected chi connectivity index (χ4v) is 5.65. The highest BCUT2D eigenvalue weighted by Crippen LogP contribution is 2.40. The molecule has 1 aromatic carbocycles. The second-order valence-corrected chi connectivity index (χ2v) is 11.3. The Bertz CT molecular complexity index is 1520. The van der Waals surface area contributed by atoms with Gasteiger partial charge in [0, 0.05) is 37.5 Å². The van der Waals surface area contributed by atoms with E-state index in [1.807, 2.05) is 11.0 Å². The minimum Gasteiger partial charge on any atom is -0.350 e. The number of sulfone groups is 1. The van der Waals surface area contributed by atoms with Crippen LogP contribution >= 0.6 is 11.6 Å². The van der Waals surface area contributed by atoms with Gasteiger partial charge in [-0.25, -0.2) is 28.4 Å². The first kappa shape index (κ1) is 22.2. The predicted molar refractivity (Wildman–Crippen MR) is 131 cm³/mol. The number of rotatable bonds is 4. The molecular weight excluding hydrogens is 490 g/mol. The molecule has 4 aromatic rings. The maximum Gasteiger partial charge on any atom is 0.228 e.